The Labute approximate surface area is 156 Å². The van der Waals surface area contributed by atoms with Crippen LogP contribution in [0.4, 0.5) is 0 Å². The number of hydrogen-bond acceptors (Lipinski definition) is 6. The molecule has 2 aliphatic carbocycles. The number of amides is 2. The van der Waals surface area contributed by atoms with E-state index in [1.807, 2.05) is 0 Å². The van der Waals surface area contributed by atoms with Gasteiger partial charge in [0, 0.05) is 18.3 Å². The first-order valence-corrected chi connectivity index (χ1v) is 9.75. The van der Waals surface area contributed by atoms with E-state index in [4.69, 9.17) is 4.74 Å². The summed E-state index contributed by atoms with van der Waals surface area (Å²) in [5.41, 5.74) is 0.259. The number of pyridine rings is 1. The van der Waals surface area contributed by atoms with Crippen LogP contribution in [0.15, 0.2) is 23.4 Å². The van der Waals surface area contributed by atoms with Crippen LogP contribution >= 0.6 is 11.8 Å². The molecule has 0 radical (unpaired) electrons. The van der Waals surface area contributed by atoms with E-state index in [1.54, 1.807) is 32.2 Å². The highest BCUT2D eigenvalue weighted by molar-refractivity contribution is 8.00. The van der Waals surface area contributed by atoms with E-state index in [2.05, 4.69) is 15.6 Å². The maximum Gasteiger partial charge on any atom is 0.341 e. The van der Waals surface area contributed by atoms with E-state index in [0.717, 1.165) is 25.7 Å². The molecular weight excluding hydrogens is 354 g/mol. The van der Waals surface area contributed by atoms with Crippen LogP contribution in [0.2, 0.25) is 0 Å². The van der Waals surface area contributed by atoms with E-state index in [-0.39, 0.29) is 34.7 Å². The number of nitrogens with one attached hydrogen (secondary N) is 2. The summed E-state index contributed by atoms with van der Waals surface area (Å²) < 4.78 is 5.28. The maximum absolute atomic E-state index is 12.5. The molecule has 2 saturated carbocycles. The maximum atomic E-state index is 12.5. The average molecular weight is 377 g/mol. The Kier molecular flexibility index (Phi) is 5.80. The van der Waals surface area contributed by atoms with Gasteiger partial charge in [-0.2, -0.15) is 0 Å². The highest BCUT2D eigenvalue weighted by atomic mass is 32.2. The van der Waals surface area contributed by atoms with Crippen LogP contribution in [-0.2, 0) is 14.3 Å². The molecule has 0 spiro atoms. The summed E-state index contributed by atoms with van der Waals surface area (Å²) in [6.07, 6.45) is 4.66. The third-order valence-electron chi connectivity index (χ3n) is 4.15. The fraction of sp³-hybridized carbons (Fsp3) is 0.556. The molecule has 1 aromatic heterocycles. The summed E-state index contributed by atoms with van der Waals surface area (Å²) in [6, 6.07) is 3.71. The number of rotatable bonds is 8. The van der Waals surface area contributed by atoms with Crippen molar-refractivity contribution in [1.82, 2.24) is 15.6 Å². The lowest BCUT2D eigenvalue weighted by Crippen LogP contribution is -2.37. The van der Waals surface area contributed by atoms with Crippen LogP contribution in [-0.4, -0.2) is 46.2 Å². The van der Waals surface area contributed by atoms with Crippen LogP contribution in [0.3, 0.4) is 0 Å². The predicted octanol–water partition coefficient (Wildman–Crippen LogP) is 1.66. The lowest BCUT2D eigenvalue weighted by molar-refractivity contribution is -0.129. The standard InChI is InChI=1S/C18H23N3O4S/c1-10(15(22)20-12-5-6-12)25-18(24)14-4-3-9-19-17(14)26-11(2)16(23)21-13-7-8-13/h3-4,9-13H,5-8H2,1-2H3,(H,20,22)(H,21,23)/t10-,11-/m0/s1. The molecule has 8 heteroatoms. The molecule has 2 aliphatic rings. The fourth-order valence-corrected chi connectivity index (χ4v) is 3.14. The first kappa shape index (κ1) is 18.7. The number of carbonyl (C=O) groups excluding carboxylic acids is 3. The second-order valence-electron chi connectivity index (χ2n) is 6.73. The quantitative estimate of drug-likeness (QED) is 0.528. The smallest absolute Gasteiger partial charge is 0.341 e. The van der Waals surface area contributed by atoms with Crippen molar-refractivity contribution in [3.8, 4) is 0 Å². The van der Waals surface area contributed by atoms with Gasteiger partial charge in [0.15, 0.2) is 6.10 Å². The van der Waals surface area contributed by atoms with Gasteiger partial charge in [0.1, 0.15) is 5.03 Å². The third kappa shape index (κ3) is 5.20. The van der Waals surface area contributed by atoms with E-state index < -0.39 is 12.1 Å². The Bertz CT molecular complexity index is 703. The third-order valence-corrected chi connectivity index (χ3v) is 5.27. The van der Waals surface area contributed by atoms with Crippen LogP contribution in [0.1, 0.15) is 49.9 Å². The van der Waals surface area contributed by atoms with Gasteiger partial charge in [-0.05, 0) is 51.7 Å². The second-order valence-corrected chi connectivity index (χ2v) is 8.06. The number of esters is 1. The molecule has 1 aromatic rings. The van der Waals surface area contributed by atoms with Crippen molar-refractivity contribution in [2.75, 3.05) is 0 Å². The van der Waals surface area contributed by atoms with Crippen LogP contribution < -0.4 is 10.6 Å². The van der Waals surface area contributed by atoms with Gasteiger partial charge in [-0.25, -0.2) is 9.78 Å². The Morgan fingerprint density at radius 3 is 2.35 bits per heavy atom. The molecular formula is C18H23N3O4S. The second kappa shape index (κ2) is 8.07. The Morgan fingerprint density at radius 1 is 1.12 bits per heavy atom. The first-order valence-electron chi connectivity index (χ1n) is 8.87. The first-order chi connectivity index (χ1) is 12.4. The summed E-state index contributed by atoms with van der Waals surface area (Å²) in [5.74, 6) is -0.982. The number of carbonyl (C=O) groups is 3. The van der Waals surface area contributed by atoms with Gasteiger partial charge in [-0.15, -0.1) is 0 Å². The SMILES string of the molecule is C[C@H](OC(=O)c1cccnc1S[C@@H](C)C(=O)NC1CC1)C(=O)NC1CC1. The predicted molar refractivity (Wildman–Crippen MR) is 96.8 cm³/mol. The molecule has 0 aliphatic heterocycles. The van der Waals surface area contributed by atoms with E-state index >= 15 is 0 Å². The fourth-order valence-electron chi connectivity index (χ4n) is 2.23. The number of ether oxygens (including phenoxy) is 1. The minimum absolute atomic E-state index is 0.0698. The van der Waals surface area contributed by atoms with E-state index in [9.17, 15) is 14.4 Å². The zero-order valence-electron chi connectivity index (χ0n) is 14.9. The van der Waals surface area contributed by atoms with Crippen molar-refractivity contribution < 1.29 is 19.1 Å². The Hall–Kier alpha value is -2.09. The molecule has 2 atom stereocenters. The molecule has 1 heterocycles. The summed E-state index contributed by atoms with van der Waals surface area (Å²) in [4.78, 5) is 40.8. The number of hydrogen-bond donors (Lipinski definition) is 2. The van der Waals surface area contributed by atoms with Crippen molar-refractivity contribution in [3.05, 3.63) is 23.9 Å². The molecule has 3 rings (SSSR count). The highest BCUT2D eigenvalue weighted by Gasteiger charge is 2.29. The van der Waals surface area contributed by atoms with Gasteiger partial charge < -0.3 is 15.4 Å². The van der Waals surface area contributed by atoms with Crippen LogP contribution in [0, 0.1) is 0 Å². The molecule has 2 fully saturated rings. The van der Waals surface area contributed by atoms with E-state index in [1.165, 1.54) is 11.8 Å². The molecule has 2 N–H and O–H groups in total. The number of aromatic nitrogens is 1. The van der Waals surface area contributed by atoms with Crippen LogP contribution in [0.25, 0.3) is 0 Å². The van der Waals surface area contributed by atoms with Crippen molar-refractivity contribution in [3.63, 3.8) is 0 Å². The molecule has 7 nitrogen and oxygen atoms in total. The van der Waals surface area contributed by atoms with Gasteiger partial charge in [0.2, 0.25) is 5.91 Å². The molecule has 0 bridgehead atoms. The van der Waals surface area contributed by atoms with E-state index in [0.29, 0.717) is 5.03 Å². The topological polar surface area (TPSA) is 97.4 Å². The lowest BCUT2D eigenvalue weighted by atomic mass is 10.3. The van der Waals surface area contributed by atoms with Crippen molar-refractivity contribution in [2.45, 2.75) is 68.0 Å². The van der Waals surface area contributed by atoms with Crippen molar-refractivity contribution >= 4 is 29.5 Å². The summed E-state index contributed by atoms with van der Waals surface area (Å²) >= 11 is 1.21. The number of nitrogens with zero attached hydrogens (tertiary/aromatic N) is 1. The molecule has 140 valence electrons. The molecule has 0 aromatic carbocycles. The molecule has 0 unspecified atom stereocenters. The largest absolute Gasteiger partial charge is 0.449 e. The van der Waals surface area contributed by atoms with Gasteiger partial charge >= 0.3 is 5.97 Å². The van der Waals surface area contributed by atoms with Gasteiger partial charge in [-0.1, -0.05) is 11.8 Å². The van der Waals surface area contributed by atoms with Crippen molar-refractivity contribution in [2.24, 2.45) is 0 Å². The average Bonchev–Trinajstić information content (AvgIpc) is 3.51. The lowest BCUT2D eigenvalue weighted by Gasteiger charge is -2.15. The zero-order valence-corrected chi connectivity index (χ0v) is 15.7. The summed E-state index contributed by atoms with van der Waals surface area (Å²) in [7, 11) is 0. The zero-order chi connectivity index (χ0) is 18.7. The molecule has 0 saturated heterocycles. The minimum atomic E-state index is -0.878. The Morgan fingerprint density at radius 2 is 1.73 bits per heavy atom. The molecule has 2 amide bonds. The summed E-state index contributed by atoms with van der Waals surface area (Å²) in [6.45, 7) is 3.32. The van der Waals surface area contributed by atoms with Gasteiger partial charge in [0.25, 0.3) is 5.91 Å². The van der Waals surface area contributed by atoms with Crippen LogP contribution in [0.5, 0.6) is 0 Å². The normalized spacial score (nSPS) is 18.5. The van der Waals surface area contributed by atoms with Gasteiger partial charge in [-0.3, -0.25) is 9.59 Å². The van der Waals surface area contributed by atoms with Crippen molar-refractivity contribution in [1.29, 1.82) is 0 Å². The Balaban J connectivity index is 1.60. The highest BCUT2D eigenvalue weighted by Crippen LogP contribution is 2.27. The monoisotopic (exact) mass is 377 g/mol. The van der Waals surface area contributed by atoms with Gasteiger partial charge in [0.05, 0.1) is 10.8 Å². The summed E-state index contributed by atoms with van der Waals surface area (Å²) in [5, 5.41) is 5.78. The molecule has 26 heavy (non-hydrogen) atoms. The minimum Gasteiger partial charge on any atom is -0.449 e. The number of thioether (sulfide) groups is 1.